The maximum atomic E-state index is 13.2. The molecule has 0 radical (unpaired) electrons. The molecule has 102 valence electrons. The van der Waals surface area contributed by atoms with Crippen molar-refractivity contribution < 1.29 is 19.1 Å². The number of aryl methyl sites for hydroxylation is 1. The fraction of sp³-hybridized carbons (Fsp3) is 0.385. The van der Waals surface area contributed by atoms with Gasteiger partial charge in [-0.05, 0) is 36.8 Å². The average molecular weight is 283 g/mol. The van der Waals surface area contributed by atoms with E-state index in [0.29, 0.717) is 23.5 Å². The largest absolute Gasteiger partial charge is 0.479 e. The molecule has 0 spiro atoms. The van der Waals surface area contributed by atoms with Gasteiger partial charge in [0.1, 0.15) is 11.4 Å². The Kier molecular flexibility index (Phi) is 3.80. The highest BCUT2D eigenvalue weighted by Crippen LogP contribution is 2.28. The zero-order valence-electron chi connectivity index (χ0n) is 10.4. The molecule has 0 bridgehead atoms. The van der Waals surface area contributed by atoms with Crippen LogP contribution in [0.5, 0.6) is 0 Å². The number of benzene rings is 1. The van der Waals surface area contributed by atoms with Crippen LogP contribution in [0.1, 0.15) is 22.3 Å². The second-order valence-electron chi connectivity index (χ2n) is 4.60. The molecule has 1 atom stereocenters. The van der Waals surface area contributed by atoms with Crippen molar-refractivity contribution in [1.29, 1.82) is 0 Å². The molecule has 1 fully saturated rings. The smallest absolute Gasteiger partial charge is 0.330 e. The fourth-order valence-corrected chi connectivity index (χ4v) is 3.33. The molecule has 1 aliphatic heterocycles. The van der Waals surface area contributed by atoms with E-state index in [-0.39, 0.29) is 5.56 Å². The number of carbonyl (C=O) groups excluding carboxylic acids is 1. The molecule has 19 heavy (non-hydrogen) atoms. The molecule has 6 heteroatoms. The summed E-state index contributed by atoms with van der Waals surface area (Å²) in [6.45, 7) is 1.69. The van der Waals surface area contributed by atoms with Gasteiger partial charge in [0.05, 0.1) is 0 Å². The maximum Gasteiger partial charge on any atom is 0.330 e. The Morgan fingerprint density at radius 3 is 2.79 bits per heavy atom. The average Bonchev–Trinajstić information content (AvgIpc) is 2.82. The number of hydrogen-bond donors (Lipinski definition) is 2. The van der Waals surface area contributed by atoms with Gasteiger partial charge in [0, 0.05) is 11.3 Å². The second-order valence-corrected chi connectivity index (χ2v) is 5.71. The van der Waals surface area contributed by atoms with Crippen molar-refractivity contribution in [1.82, 2.24) is 5.32 Å². The van der Waals surface area contributed by atoms with E-state index in [2.05, 4.69) is 5.32 Å². The zero-order chi connectivity index (χ0) is 14.0. The topological polar surface area (TPSA) is 66.4 Å². The summed E-state index contributed by atoms with van der Waals surface area (Å²) in [5.74, 6) is -1.07. The van der Waals surface area contributed by atoms with Crippen molar-refractivity contribution in [2.24, 2.45) is 0 Å². The van der Waals surface area contributed by atoms with Crippen LogP contribution in [0.25, 0.3) is 0 Å². The lowest BCUT2D eigenvalue weighted by molar-refractivity contribution is -0.143. The van der Waals surface area contributed by atoms with E-state index in [0.717, 1.165) is 6.07 Å². The van der Waals surface area contributed by atoms with Crippen LogP contribution in [0.2, 0.25) is 0 Å². The molecular formula is C13H14FNO3S. The summed E-state index contributed by atoms with van der Waals surface area (Å²) >= 11 is 1.48. The van der Waals surface area contributed by atoms with Crippen LogP contribution in [0.3, 0.4) is 0 Å². The van der Waals surface area contributed by atoms with Crippen LogP contribution >= 0.6 is 11.8 Å². The summed E-state index contributed by atoms with van der Waals surface area (Å²) in [6, 6.07) is 3.90. The van der Waals surface area contributed by atoms with E-state index in [1.54, 1.807) is 6.92 Å². The van der Waals surface area contributed by atoms with Gasteiger partial charge in [0.2, 0.25) is 0 Å². The van der Waals surface area contributed by atoms with Gasteiger partial charge in [-0.3, -0.25) is 4.79 Å². The van der Waals surface area contributed by atoms with E-state index < -0.39 is 23.2 Å². The molecule has 1 aromatic carbocycles. The number of amides is 1. The Balaban J connectivity index is 2.25. The van der Waals surface area contributed by atoms with Gasteiger partial charge < -0.3 is 10.4 Å². The Hall–Kier alpha value is -1.56. The van der Waals surface area contributed by atoms with Crippen molar-refractivity contribution in [2.45, 2.75) is 18.9 Å². The Bertz CT molecular complexity index is 527. The molecule has 0 aromatic heterocycles. The molecule has 0 saturated carbocycles. The van der Waals surface area contributed by atoms with Gasteiger partial charge in [-0.2, -0.15) is 11.8 Å². The maximum absolute atomic E-state index is 13.2. The van der Waals surface area contributed by atoms with Crippen LogP contribution in [0.15, 0.2) is 18.2 Å². The third-order valence-corrected chi connectivity index (χ3v) is 4.42. The number of rotatable bonds is 3. The number of nitrogens with one attached hydrogen (secondary N) is 1. The molecule has 1 saturated heterocycles. The number of carboxylic acids is 1. The molecule has 2 rings (SSSR count). The molecule has 1 amide bonds. The number of thioether (sulfide) groups is 1. The number of carbonyl (C=O) groups is 2. The second kappa shape index (κ2) is 5.21. The standard InChI is InChI=1S/C13H14FNO3S/c1-8-2-3-9(14)6-10(8)11(16)15-13(12(17)18)4-5-19-7-13/h2-3,6H,4-5,7H2,1H3,(H,15,16)(H,17,18). The minimum absolute atomic E-state index is 0.178. The lowest BCUT2D eigenvalue weighted by atomic mass is 9.98. The predicted molar refractivity (Wildman–Crippen MR) is 70.9 cm³/mol. The lowest BCUT2D eigenvalue weighted by Crippen LogP contribution is -2.54. The first-order valence-electron chi connectivity index (χ1n) is 5.84. The molecule has 1 aliphatic rings. The first-order chi connectivity index (χ1) is 8.94. The molecule has 1 aromatic rings. The van der Waals surface area contributed by atoms with Crippen molar-refractivity contribution in [3.05, 3.63) is 35.1 Å². The van der Waals surface area contributed by atoms with Gasteiger partial charge in [-0.25, -0.2) is 9.18 Å². The highest BCUT2D eigenvalue weighted by Gasteiger charge is 2.43. The Morgan fingerprint density at radius 1 is 1.47 bits per heavy atom. The highest BCUT2D eigenvalue weighted by atomic mass is 32.2. The van der Waals surface area contributed by atoms with Crippen LogP contribution in [-0.4, -0.2) is 34.0 Å². The van der Waals surface area contributed by atoms with Gasteiger partial charge in [-0.1, -0.05) is 6.07 Å². The van der Waals surface area contributed by atoms with Crippen LogP contribution < -0.4 is 5.32 Å². The summed E-state index contributed by atoms with van der Waals surface area (Å²) in [5, 5.41) is 11.8. The summed E-state index contributed by atoms with van der Waals surface area (Å²) < 4.78 is 13.2. The molecule has 2 N–H and O–H groups in total. The van der Waals surface area contributed by atoms with E-state index in [1.807, 2.05) is 0 Å². The molecule has 0 aliphatic carbocycles. The molecule has 4 nitrogen and oxygen atoms in total. The van der Waals surface area contributed by atoms with E-state index >= 15 is 0 Å². The van der Waals surface area contributed by atoms with Crippen molar-refractivity contribution in [2.75, 3.05) is 11.5 Å². The van der Waals surface area contributed by atoms with Crippen LogP contribution in [0, 0.1) is 12.7 Å². The minimum atomic E-state index is -1.24. The summed E-state index contributed by atoms with van der Waals surface area (Å²) in [5.41, 5.74) is -0.442. The summed E-state index contributed by atoms with van der Waals surface area (Å²) in [7, 11) is 0. The van der Waals surface area contributed by atoms with E-state index in [4.69, 9.17) is 0 Å². The normalized spacial score (nSPS) is 22.2. The van der Waals surface area contributed by atoms with Crippen molar-refractivity contribution in [3.8, 4) is 0 Å². The predicted octanol–water partition coefficient (Wildman–Crippen LogP) is 1.82. The third-order valence-electron chi connectivity index (χ3n) is 3.23. The van der Waals surface area contributed by atoms with E-state index in [9.17, 15) is 19.1 Å². The van der Waals surface area contributed by atoms with Gasteiger partial charge in [0.25, 0.3) is 5.91 Å². The van der Waals surface area contributed by atoms with Crippen LogP contribution in [-0.2, 0) is 4.79 Å². The van der Waals surface area contributed by atoms with Gasteiger partial charge in [-0.15, -0.1) is 0 Å². The SMILES string of the molecule is Cc1ccc(F)cc1C(=O)NC1(C(=O)O)CCSC1. The Morgan fingerprint density at radius 2 is 2.21 bits per heavy atom. The number of hydrogen-bond acceptors (Lipinski definition) is 3. The Labute approximate surface area is 114 Å². The molecular weight excluding hydrogens is 269 g/mol. The zero-order valence-corrected chi connectivity index (χ0v) is 11.2. The minimum Gasteiger partial charge on any atom is -0.479 e. The first kappa shape index (κ1) is 13.9. The first-order valence-corrected chi connectivity index (χ1v) is 7.00. The third kappa shape index (κ3) is 2.73. The quantitative estimate of drug-likeness (QED) is 0.888. The number of carboxylic acid groups (broad SMARTS) is 1. The number of halogens is 1. The highest BCUT2D eigenvalue weighted by molar-refractivity contribution is 7.99. The molecule has 1 heterocycles. The van der Waals surface area contributed by atoms with Gasteiger partial charge in [0.15, 0.2) is 0 Å². The lowest BCUT2D eigenvalue weighted by Gasteiger charge is -2.25. The molecule has 1 unspecified atom stereocenters. The summed E-state index contributed by atoms with van der Waals surface area (Å²) in [6.07, 6.45) is 0.382. The van der Waals surface area contributed by atoms with Crippen molar-refractivity contribution in [3.63, 3.8) is 0 Å². The fourth-order valence-electron chi connectivity index (χ4n) is 2.01. The monoisotopic (exact) mass is 283 g/mol. The van der Waals surface area contributed by atoms with Crippen LogP contribution in [0.4, 0.5) is 4.39 Å². The van der Waals surface area contributed by atoms with Crippen molar-refractivity contribution >= 4 is 23.6 Å². The summed E-state index contributed by atoms with van der Waals surface area (Å²) in [4.78, 5) is 23.5. The number of aliphatic carboxylic acids is 1. The van der Waals surface area contributed by atoms with Gasteiger partial charge >= 0.3 is 5.97 Å². The van der Waals surface area contributed by atoms with E-state index in [1.165, 1.54) is 23.9 Å².